The van der Waals surface area contributed by atoms with Crippen LogP contribution in [0.2, 0.25) is 0 Å². The van der Waals surface area contributed by atoms with Gasteiger partial charge in [0.2, 0.25) is 0 Å². The largest absolute Gasteiger partial charge is 0.453 e. The number of methoxy groups -OCH3 is 1. The number of carbonyl (C=O) groups excluding carboxylic acids is 2. The van der Waals surface area contributed by atoms with Crippen molar-refractivity contribution in [1.29, 1.82) is 5.26 Å². The molecule has 0 N–H and O–H groups in total. The maximum Gasteiger partial charge on any atom is 0.409 e. The van der Waals surface area contributed by atoms with Crippen molar-refractivity contribution in [3.05, 3.63) is 81.9 Å². The van der Waals surface area contributed by atoms with Crippen LogP contribution in [0.15, 0.2) is 42.7 Å². The van der Waals surface area contributed by atoms with Crippen molar-refractivity contribution < 1.29 is 14.3 Å². The molecule has 2 amide bonds. The van der Waals surface area contributed by atoms with Crippen LogP contribution in [0, 0.1) is 25.2 Å². The van der Waals surface area contributed by atoms with Crippen LogP contribution in [-0.4, -0.2) is 64.6 Å². The topological polar surface area (TPSA) is 91.5 Å². The number of nitrogens with zero attached hydrogens (tertiary/aromatic N) is 5. The van der Waals surface area contributed by atoms with Gasteiger partial charge in [-0.3, -0.25) is 4.79 Å². The fraction of sp³-hybridized carbons (Fsp3) is 0.400. The highest BCUT2D eigenvalue weighted by atomic mass is 16.5. The van der Waals surface area contributed by atoms with Gasteiger partial charge in [-0.25, -0.2) is 9.78 Å². The monoisotopic (exact) mass is 511 g/mol. The van der Waals surface area contributed by atoms with E-state index in [1.54, 1.807) is 4.90 Å². The van der Waals surface area contributed by atoms with E-state index in [0.29, 0.717) is 50.5 Å². The summed E-state index contributed by atoms with van der Waals surface area (Å²) < 4.78 is 7.00. The fourth-order valence-electron chi connectivity index (χ4n) is 5.74. The van der Waals surface area contributed by atoms with E-state index in [2.05, 4.69) is 28.6 Å². The van der Waals surface area contributed by atoms with E-state index < -0.39 is 0 Å². The Morgan fingerprint density at radius 3 is 2.37 bits per heavy atom. The number of likely N-dealkylation sites (tertiary alicyclic amines) is 1. The van der Waals surface area contributed by atoms with Crippen molar-refractivity contribution in [2.45, 2.75) is 45.4 Å². The molecular weight excluding hydrogens is 478 g/mol. The average Bonchev–Trinajstić information content (AvgIpc) is 3.22. The number of piperidine rings is 1. The minimum atomic E-state index is -0.316. The zero-order valence-corrected chi connectivity index (χ0v) is 22.2. The van der Waals surface area contributed by atoms with Crippen LogP contribution in [0.1, 0.15) is 62.8 Å². The molecule has 2 aliphatic rings. The van der Waals surface area contributed by atoms with Crippen LogP contribution in [0.25, 0.3) is 5.69 Å². The molecule has 0 saturated carbocycles. The van der Waals surface area contributed by atoms with Crippen molar-refractivity contribution in [2.75, 3.05) is 33.3 Å². The lowest BCUT2D eigenvalue weighted by Crippen LogP contribution is -2.38. The van der Waals surface area contributed by atoms with Gasteiger partial charge in [-0.1, -0.05) is 18.2 Å². The number of imidazole rings is 1. The van der Waals surface area contributed by atoms with Crippen LogP contribution in [0.3, 0.4) is 0 Å². The zero-order chi connectivity index (χ0) is 26.8. The molecule has 1 saturated heterocycles. The molecule has 0 radical (unpaired) electrons. The normalized spacial score (nSPS) is 15.9. The minimum absolute atomic E-state index is 0.0603. The molecule has 0 aliphatic carbocycles. The average molecular weight is 512 g/mol. The predicted octanol–water partition coefficient (Wildman–Crippen LogP) is 4.55. The third-order valence-electron chi connectivity index (χ3n) is 7.95. The quantitative estimate of drug-likeness (QED) is 0.515. The van der Waals surface area contributed by atoms with Crippen molar-refractivity contribution in [2.24, 2.45) is 0 Å². The molecule has 1 fully saturated rings. The molecule has 0 spiro atoms. The Hall–Kier alpha value is -4.12. The lowest BCUT2D eigenvalue weighted by molar-refractivity contribution is 0.0712. The Bertz CT molecular complexity index is 1390. The second-order valence-corrected chi connectivity index (χ2v) is 10.2. The number of benzene rings is 2. The Labute approximate surface area is 223 Å². The van der Waals surface area contributed by atoms with Gasteiger partial charge >= 0.3 is 6.09 Å². The first-order valence-electron chi connectivity index (χ1n) is 13.2. The van der Waals surface area contributed by atoms with Crippen LogP contribution < -0.4 is 0 Å². The maximum absolute atomic E-state index is 13.7. The number of carbonyl (C=O) groups is 2. The van der Waals surface area contributed by atoms with Gasteiger partial charge in [0.05, 0.1) is 36.5 Å². The molecule has 2 aliphatic heterocycles. The third-order valence-corrected chi connectivity index (χ3v) is 7.95. The standard InChI is InChI=1S/C30H33N5O3/c1-20-16-21(2)28(35-19-32-26-10-14-34(30(37)38-3)15-11-27(26)35)17-25(20)29(36)33-12-8-24(9-13-33)23-6-4-22(18-31)5-7-23/h4-7,16-17,19,24H,8-15H2,1-3H3. The van der Waals surface area contributed by atoms with E-state index in [0.717, 1.165) is 46.6 Å². The molecule has 8 heteroatoms. The number of hydrogen-bond donors (Lipinski definition) is 0. The van der Waals surface area contributed by atoms with Gasteiger partial charge in [-0.15, -0.1) is 0 Å². The smallest absolute Gasteiger partial charge is 0.409 e. The first-order valence-corrected chi connectivity index (χ1v) is 13.2. The lowest BCUT2D eigenvalue weighted by atomic mass is 9.88. The van der Waals surface area contributed by atoms with Gasteiger partial charge in [0.25, 0.3) is 5.91 Å². The SMILES string of the molecule is COC(=O)N1CCc2ncn(-c3cc(C(=O)N4CCC(c5ccc(C#N)cc5)CC4)c(C)cc3C)c2CC1. The van der Waals surface area contributed by atoms with Crippen LogP contribution in [0.5, 0.6) is 0 Å². The highest BCUT2D eigenvalue weighted by Crippen LogP contribution is 2.30. The van der Waals surface area contributed by atoms with Crippen molar-refractivity contribution in [3.8, 4) is 11.8 Å². The Morgan fingerprint density at radius 2 is 1.68 bits per heavy atom. The molecule has 5 rings (SSSR count). The first kappa shape index (κ1) is 25.5. The number of aromatic nitrogens is 2. The van der Waals surface area contributed by atoms with E-state index >= 15 is 0 Å². The highest BCUT2D eigenvalue weighted by Gasteiger charge is 2.27. The molecule has 38 heavy (non-hydrogen) atoms. The number of amides is 2. The second-order valence-electron chi connectivity index (χ2n) is 10.2. The number of aryl methyl sites for hydroxylation is 2. The molecular formula is C30H33N5O3. The summed E-state index contributed by atoms with van der Waals surface area (Å²) in [5, 5.41) is 9.06. The summed E-state index contributed by atoms with van der Waals surface area (Å²) in [7, 11) is 1.41. The number of ether oxygens (including phenoxy) is 1. The molecule has 3 heterocycles. The Morgan fingerprint density at radius 1 is 0.974 bits per heavy atom. The van der Waals surface area contributed by atoms with E-state index in [9.17, 15) is 9.59 Å². The van der Waals surface area contributed by atoms with Gasteiger partial charge in [0.1, 0.15) is 0 Å². The number of fused-ring (bicyclic) bond motifs is 1. The van der Waals surface area contributed by atoms with Crippen molar-refractivity contribution in [3.63, 3.8) is 0 Å². The summed E-state index contributed by atoms with van der Waals surface area (Å²) >= 11 is 0. The molecule has 8 nitrogen and oxygen atoms in total. The molecule has 0 atom stereocenters. The molecule has 2 aromatic carbocycles. The van der Waals surface area contributed by atoms with Gasteiger partial charge in [0.15, 0.2) is 0 Å². The summed E-state index contributed by atoms with van der Waals surface area (Å²) in [6, 6.07) is 14.1. The van der Waals surface area contributed by atoms with Crippen molar-refractivity contribution >= 4 is 12.0 Å². The highest BCUT2D eigenvalue weighted by molar-refractivity contribution is 5.96. The Balaban J connectivity index is 1.34. The fourth-order valence-corrected chi connectivity index (χ4v) is 5.74. The zero-order valence-electron chi connectivity index (χ0n) is 22.2. The summed E-state index contributed by atoms with van der Waals surface area (Å²) in [5.74, 6) is 0.456. The van der Waals surface area contributed by atoms with E-state index in [-0.39, 0.29) is 12.0 Å². The molecule has 196 valence electrons. The molecule has 0 unspecified atom stereocenters. The number of hydrogen-bond acceptors (Lipinski definition) is 5. The third kappa shape index (κ3) is 4.89. The van der Waals surface area contributed by atoms with Gasteiger partial charge in [-0.05, 0) is 67.5 Å². The molecule has 3 aromatic rings. The van der Waals surface area contributed by atoms with Crippen molar-refractivity contribution in [1.82, 2.24) is 19.4 Å². The van der Waals surface area contributed by atoms with Crippen LogP contribution in [0.4, 0.5) is 4.79 Å². The second kappa shape index (κ2) is 10.7. The number of nitriles is 1. The van der Waals surface area contributed by atoms with Gasteiger partial charge < -0.3 is 19.1 Å². The summed E-state index contributed by atoms with van der Waals surface area (Å²) in [5.41, 5.74) is 7.67. The molecule has 0 bridgehead atoms. The first-order chi connectivity index (χ1) is 18.4. The maximum atomic E-state index is 13.7. The summed E-state index contributed by atoms with van der Waals surface area (Å²) in [6.07, 6.45) is 4.67. The summed E-state index contributed by atoms with van der Waals surface area (Å²) in [6.45, 7) is 6.60. The Kier molecular flexibility index (Phi) is 7.19. The minimum Gasteiger partial charge on any atom is -0.453 e. The van der Waals surface area contributed by atoms with Gasteiger partial charge in [-0.2, -0.15) is 5.26 Å². The van der Waals surface area contributed by atoms with E-state index in [1.807, 2.05) is 48.5 Å². The predicted molar refractivity (Wildman–Crippen MR) is 143 cm³/mol. The van der Waals surface area contributed by atoms with E-state index in [4.69, 9.17) is 10.00 Å². The number of rotatable bonds is 3. The van der Waals surface area contributed by atoms with Crippen LogP contribution >= 0.6 is 0 Å². The van der Waals surface area contributed by atoms with Crippen LogP contribution in [-0.2, 0) is 17.6 Å². The summed E-state index contributed by atoms with van der Waals surface area (Å²) in [4.78, 5) is 34.1. The molecule has 1 aromatic heterocycles. The lowest BCUT2D eigenvalue weighted by Gasteiger charge is -2.33. The van der Waals surface area contributed by atoms with E-state index in [1.165, 1.54) is 12.7 Å². The van der Waals surface area contributed by atoms with Gasteiger partial charge in [0, 0.05) is 50.3 Å².